The maximum Gasteiger partial charge on any atom is 0.267 e. The van der Waals surface area contributed by atoms with Crippen LogP contribution in [0.1, 0.15) is 17.6 Å². The Labute approximate surface area is 72.0 Å². The van der Waals surface area contributed by atoms with Gasteiger partial charge in [0, 0.05) is 12.1 Å². The molecular formula is C7H7F3N2O. The SMILES string of the molecule is NCc1c(F)ncc(O)c1C(F)F. The van der Waals surface area contributed by atoms with Gasteiger partial charge < -0.3 is 10.8 Å². The van der Waals surface area contributed by atoms with E-state index < -0.39 is 35.8 Å². The summed E-state index contributed by atoms with van der Waals surface area (Å²) in [5.41, 5.74) is 3.80. The van der Waals surface area contributed by atoms with Crippen LogP contribution in [-0.2, 0) is 6.54 Å². The van der Waals surface area contributed by atoms with Gasteiger partial charge in [-0.2, -0.15) is 4.39 Å². The summed E-state index contributed by atoms with van der Waals surface area (Å²) in [6, 6.07) is 0. The Bertz CT molecular complexity index is 317. The molecule has 0 amide bonds. The average Bonchev–Trinajstić information content (AvgIpc) is 2.07. The first-order valence-corrected chi connectivity index (χ1v) is 3.42. The van der Waals surface area contributed by atoms with Crippen molar-refractivity contribution in [2.75, 3.05) is 0 Å². The van der Waals surface area contributed by atoms with Gasteiger partial charge in [-0.15, -0.1) is 0 Å². The molecule has 1 aromatic rings. The van der Waals surface area contributed by atoms with Crippen LogP contribution in [0, 0.1) is 5.95 Å². The Morgan fingerprint density at radius 1 is 1.54 bits per heavy atom. The van der Waals surface area contributed by atoms with Crippen molar-refractivity contribution < 1.29 is 18.3 Å². The average molecular weight is 192 g/mol. The van der Waals surface area contributed by atoms with Crippen molar-refractivity contribution in [3.63, 3.8) is 0 Å². The van der Waals surface area contributed by atoms with Gasteiger partial charge in [0.1, 0.15) is 5.75 Å². The molecule has 0 saturated heterocycles. The smallest absolute Gasteiger partial charge is 0.267 e. The topological polar surface area (TPSA) is 59.1 Å². The Hall–Kier alpha value is -1.30. The number of hydrogen-bond donors (Lipinski definition) is 2. The van der Waals surface area contributed by atoms with Crippen molar-refractivity contribution in [2.24, 2.45) is 5.73 Å². The summed E-state index contributed by atoms with van der Waals surface area (Å²) in [5, 5.41) is 8.95. The van der Waals surface area contributed by atoms with E-state index >= 15 is 0 Å². The van der Waals surface area contributed by atoms with Gasteiger partial charge >= 0.3 is 0 Å². The van der Waals surface area contributed by atoms with E-state index in [0.717, 1.165) is 0 Å². The zero-order chi connectivity index (χ0) is 10.0. The molecular weight excluding hydrogens is 185 g/mol. The first-order valence-electron chi connectivity index (χ1n) is 3.42. The van der Waals surface area contributed by atoms with Crippen molar-refractivity contribution in [3.8, 4) is 5.75 Å². The highest BCUT2D eigenvalue weighted by molar-refractivity contribution is 5.37. The lowest BCUT2D eigenvalue weighted by Crippen LogP contribution is -2.07. The van der Waals surface area contributed by atoms with Gasteiger partial charge in [0.05, 0.1) is 11.8 Å². The number of rotatable bonds is 2. The number of nitrogens with two attached hydrogens (primary N) is 1. The predicted octanol–water partition coefficient (Wildman–Crippen LogP) is 1.32. The second kappa shape index (κ2) is 3.61. The van der Waals surface area contributed by atoms with Crippen LogP contribution in [0.2, 0.25) is 0 Å². The van der Waals surface area contributed by atoms with Crippen LogP contribution in [0.25, 0.3) is 0 Å². The zero-order valence-electron chi connectivity index (χ0n) is 6.47. The number of aromatic nitrogens is 1. The molecule has 3 N–H and O–H groups in total. The summed E-state index contributed by atoms with van der Waals surface area (Å²) >= 11 is 0. The van der Waals surface area contributed by atoms with E-state index in [1.165, 1.54) is 0 Å². The van der Waals surface area contributed by atoms with Crippen molar-refractivity contribution in [1.29, 1.82) is 0 Å². The van der Waals surface area contributed by atoms with Crippen LogP contribution in [0.4, 0.5) is 13.2 Å². The maximum atomic E-state index is 12.8. The second-order valence-corrected chi connectivity index (χ2v) is 2.33. The largest absolute Gasteiger partial charge is 0.506 e. The molecule has 0 aliphatic rings. The van der Waals surface area contributed by atoms with Gasteiger partial charge in [-0.25, -0.2) is 13.8 Å². The van der Waals surface area contributed by atoms with E-state index in [0.29, 0.717) is 6.20 Å². The fourth-order valence-electron chi connectivity index (χ4n) is 0.969. The van der Waals surface area contributed by atoms with E-state index in [-0.39, 0.29) is 0 Å². The van der Waals surface area contributed by atoms with Gasteiger partial charge in [-0.1, -0.05) is 0 Å². The normalized spacial score (nSPS) is 10.8. The number of hydrogen-bond acceptors (Lipinski definition) is 3. The third kappa shape index (κ3) is 1.72. The first-order chi connectivity index (χ1) is 6.07. The standard InChI is InChI=1S/C7H7F3N2O/c8-6(9)5-3(1-11)7(10)12-2-4(5)13/h2,6,13H,1,11H2. The number of aromatic hydroxyl groups is 1. The lowest BCUT2D eigenvalue weighted by atomic mass is 10.1. The molecule has 0 aliphatic carbocycles. The van der Waals surface area contributed by atoms with Crippen molar-refractivity contribution in [1.82, 2.24) is 4.98 Å². The summed E-state index contributed by atoms with van der Waals surface area (Å²) in [6.07, 6.45) is -2.33. The van der Waals surface area contributed by atoms with Crippen molar-refractivity contribution in [2.45, 2.75) is 13.0 Å². The minimum absolute atomic E-state index is 0.424. The second-order valence-electron chi connectivity index (χ2n) is 2.33. The van der Waals surface area contributed by atoms with Crippen molar-refractivity contribution in [3.05, 3.63) is 23.3 Å². The molecule has 0 aromatic carbocycles. The van der Waals surface area contributed by atoms with Crippen LogP contribution in [-0.4, -0.2) is 10.1 Å². The number of pyridine rings is 1. The quantitative estimate of drug-likeness (QED) is 0.695. The Morgan fingerprint density at radius 3 is 2.54 bits per heavy atom. The molecule has 0 radical (unpaired) electrons. The highest BCUT2D eigenvalue weighted by atomic mass is 19.3. The molecule has 0 unspecified atom stereocenters. The molecule has 0 atom stereocenters. The Balaban J connectivity index is 3.35. The molecule has 1 aromatic heterocycles. The Morgan fingerprint density at radius 2 is 2.15 bits per heavy atom. The Kier molecular flexibility index (Phi) is 2.72. The molecule has 0 fully saturated rings. The maximum absolute atomic E-state index is 12.8. The molecule has 0 bridgehead atoms. The molecule has 0 aliphatic heterocycles. The number of halogens is 3. The van der Waals surface area contributed by atoms with Crippen LogP contribution < -0.4 is 5.73 Å². The van der Waals surface area contributed by atoms with E-state index in [1.54, 1.807) is 0 Å². The van der Waals surface area contributed by atoms with Gasteiger partial charge in [-0.05, 0) is 0 Å². The summed E-state index contributed by atoms with van der Waals surface area (Å²) in [6.45, 7) is -0.424. The molecule has 3 nitrogen and oxygen atoms in total. The molecule has 6 heteroatoms. The number of alkyl halides is 2. The van der Waals surface area contributed by atoms with Crippen LogP contribution in [0.3, 0.4) is 0 Å². The molecule has 0 saturated carbocycles. The fraction of sp³-hybridized carbons (Fsp3) is 0.286. The summed E-state index contributed by atoms with van der Waals surface area (Å²) in [5.74, 6) is -1.81. The molecule has 1 rings (SSSR count). The predicted molar refractivity (Wildman–Crippen MR) is 38.7 cm³/mol. The lowest BCUT2D eigenvalue weighted by molar-refractivity contribution is 0.145. The van der Waals surface area contributed by atoms with Crippen LogP contribution in [0.15, 0.2) is 6.20 Å². The summed E-state index contributed by atoms with van der Waals surface area (Å²) in [7, 11) is 0. The molecule has 1 heterocycles. The third-order valence-electron chi connectivity index (χ3n) is 1.57. The highest BCUT2D eigenvalue weighted by Crippen LogP contribution is 2.31. The van der Waals surface area contributed by atoms with E-state index in [2.05, 4.69) is 4.98 Å². The van der Waals surface area contributed by atoms with Crippen LogP contribution >= 0.6 is 0 Å². The van der Waals surface area contributed by atoms with Gasteiger partial charge in [0.2, 0.25) is 5.95 Å². The molecule has 13 heavy (non-hydrogen) atoms. The van der Waals surface area contributed by atoms with Gasteiger partial charge in [0.25, 0.3) is 6.43 Å². The minimum Gasteiger partial charge on any atom is -0.506 e. The van der Waals surface area contributed by atoms with Gasteiger partial charge in [0.15, 0.2) is 0 Å². The van der Waals surface area contributed by atoms with Gasteiger partial charge in [-0.3, -0.25) is 0 Å². The molecule has 0 spiro atoms. The van der Waals surface area contributed by atoms with Crippen LogP contribution in [0.5, 0.6) is 5.75 Å². The van der Waals surface area contributed by atoms with E-state index in [1.807, 2.05) is 0 Å². The number of nitrogens with zero attached hydrogens (tertiary/aromatic N) is 1. The molecule has 72 valence electrons. The lowest BCUT2D eigenvalue weighted by Gasteiger charge is -2.08. The first kappa shape index (κ1) is 9.79. The summed E-state index contributed by atoms with van der Waals surface area (Å²) in [4.78, 5) is 3.06. The fourth-order valence-corrected chi connectivity index (χ4v) is 0.969. The van der Waals surface area contributed by atoms with E-state index in [4.69, 9.17) is 10.8 Å². The monoisotopic (exact) mass is 192 g/mol. The summed E-state index contributed by atoms with van der Waals surface area (Å²) < 4.78 is 37.2. The third-order valence-corrected chi connectivity index (χ3v) is 1.57. The minimum atomic E-state index is -2.96. The van der Waals surface area contributed by atoms with E-state index in [9.17, 15) is 13.2 Å². The zero-order valence-corrected chi connectivity index (χ0v) is 6.47. The highest BCUT2D eigenvalue weighted by Gasteiger charge is 2.20. The van der Waals surface area contributed by atoms with Crippen molar-refractivity contribution >= 4 is 0 Å².